The van der Waals surface area contributed by atoms with Gasteiger partial charge in [0.1, 0.15) is 25.6 Å². The number of nitrogens with zero attached hydrogens (tertiary/aromatic N) is 1. The average Bonchev–Trinajstić information content (AvgIpc) is 2.84. The number of Topliss-reactive ketones (excluding diaryl/α,β-unsaturated/α-hetero) is 1. The van der Waals surface area contributed by atoms with Crippen LogP contribution in [0.15, 0.2) is 36.4 Å². The Bertz CT molecular complexity index is 899. The molecule has 0 bridgehead atoms. The largest absolute Gasteiger partial charge is 0.486 e. The van der Waals surface area contributed by atoms with E-state index < -0.39 is 11.7 Å². The van der Waals surface area contributed by atoms with Gasteiger partial charge in [0.05, 0.1) is 18.3 Å². The third-order valence-corrected chi connectivity index (χ3v) is 4.46. The van der Waals surface area contributed by atoms with Crippen LogP contribution in [0, 0.1) is 5.82 Å². The molecule has 2 heterocycles. The quantitative estimate of drug-likeness (QED) is 0.823. The molecule has 0 radical (unpaired) electrons. The number of ether oxygens (including phenoxy) is 2. The lowest BCUT2D eigenvalue weighted by Crippen LogP contribution is -3.09. The molecule has 0 spiro atoms. The Morgan fingerprint density at radius 2 is 1.85 bits per heavy atom. The number of halogens is 1. The molecular weight excluding hydrogens is 339 g/mol. The number of hydrogen-bond donors (Lipinski definition) is 1. The third kappa shape index (κ3) is 2.90. The van der Waals surface area contributed by atoms with Gasteiger partial charge in [0.2, 0.25) is 0 Å². The smallest absolute Gasteiger partial charge is 0.303 e. The van der Waals surface area contributed by atoms with Crippen molar-refractivity contribution in [1.29, 1.82) is 0 Å². The molecule has 2 aliphatic rings. The van der Waals surface area contributed by atoms with E-state index >= 15 is 0 Å². The highest BCUT2D eigenvalue weighted by atomic mass is 19.1. The van der Waals surface area contributed by atoms with Crippen molar-refractivity contribution in [3.63, 3.8) is 0 Å². The second-order valence-electron chi connectivity index (χ2n) is 6.50. The number of benzene rings is 2. The number of carbonyl (C=O) groups is 2. The Labute approximate surface area is 149 Å². The van der Waals surface area contributed by atoms with Crippen molar-refractivity contribution in [2.24, 2.45) is 0 Å². The lowest BCUT2D eigenvalue weighted by molar-refractivity contribution is -0.892. The number of carbonyl (C=O) groups excluding carboxylic acids is 2. The Hall–Kier alpha value is -2.93. The summed E-state index contributed by atoms with van der Waals surface area (Å²) >= 11 is 0. The van der Waals surface area contributed by atoms with Gasteiger partial charge in [-0.2, -0.15) is 0 Å². The summed E-state index contributed by atoms with van der Waals surface area (Å²) in [7, 11) is 1.89. The molecule has 0 saturated heterocycles. The first-order chi connectivity index (χ1) is 12.5. The highest BCUT2D eigenvalue weighted by Gasteiger charge is 2.39. The van der Waals surface area contributed by atoms with Crippen molar-refractivity contribution in [3.05, 3.63) is 53.3 Å². The molecule has 0 fully saturated rings. The van der Waals surface area contributed by atoms with E-state index in [9.17, 15) is 14.0 Å². The van der Waals surface area contributed by atoms with Crippen molar-refractivity contribution in [3.8, 4) is 11.5 Å². The molecule has 1 N–H and O–H groups in total. The van der Waals surface area contributed by atoms with Crippen LogP contribution >= 0.6 is 0 Å². The predicted octanol–water partition coefficient (Wildman–Crippen LogP) is 0.799. The molecule has 1 unspecified atom stereocenters. The van der Waals surface area contributed by atoms with Crippen LogP contribution in [0.4, 0.5) is 10.1 Å². The Balaban J connectivity index is 1.57. The first-order valence-electron chi connectivity index (χ1n) is 8.38. The highest BCUT2D eigenvalue weighted by Crippen LogP contribution is 2.40. The summed E-state index contributed by atoms with van der Waals surface area (Å²) in [5.41, 5.74) is 1.68. The van der Waals surface area contributed by atoms with Crippen LogP contribution in [0.25, 0.3) is 0 Å². The normalized spacial score (nSPS) is 16.6. The second-order valence-corrected chi connectivity index (χ2v) is 6.50. The lowest BCUT2D eigenvalue weighted by atomic mass is 10.1. The van der Waals surface area contributed by atoms with Gasteiger partial charge in [-0.1, -0.05) is 12.1 Å². The maximum atomic E-state index is 13.3. The van der Waals surface area contributed by atoms with Crippen molar-refractivity contribution in [2.75, 3.05) is 31.8 Å². The number of amides is 1. The number of anilines is 1. The van der Waals surface area contributed by atoms with Gasteiger partial charge in [0.15, 0.2) is 18.2 Å². The van der Waals surface area contributed by atoms with Gasteiger partial charge in [0, 0.05) is 11.6 Å². The van der Waals surface area contributed by atoms with Crippen LogP contribution in [0.2, 0.25) is 0 Å². The molecule has 4 rings (SSSR count). The molecule has 2 aliphatic heterocycles. The SMILES string of the molecule is C[NH+](Cc1cccc(F)c1)CN1C(=O)C(=O)c2cc3c(cc21)OCCO3. The van der Waals surface area contributed by atoms with Crippen molar-refractivity contribution >= 4 is 17.4 Å². The molecule has 0 aliphatic carbocycles. The first-order valence-corrected chi connectivity index (χ1v) is 8.38. The summed E-state index contributed by atoms with van der Waals surface area (Å²) < 4.78 is 24.4. The van der Waals surface area contributed by atoms with E-state index in [0.29, 0.717) is 42.5 Å². The summed E-state index contributed by atoms with van der Waals surface area (Å²) in [6.07, 6.45) is 0. The topological polar surface area (TPSA) is 60.3 Å². The Morgan fingerprint density at radius 1 is 1.12 bits per heavy atom. The van der Waals surface area contributed by atoms with Crippen LogP contribution in [0.5, 0.6) is 11.5 Å². The number of nitrogens with one attached hydrogen (secondary N) is 1. The zero-order valence-corrected chi connectivity index (χ0v) is 14.3. The highest BCUT2D eigenvalue weighted by molar-refractivity contribution is 6.52. The van der Waals surface area contributed by atoms with Crippen LogP contribution in [-0.2, 0) is 11.3 Å². The van der Waals surface area contributed by atoms with E-state index in [1.165, 1.54) is 17.0 Å². The molecule has 0 saturated carbocycles. The molecule has 26 heavy (non-hydrogen) atoms. The number of rotatable bonds is 4. The minimum Gasteiger partial charge on any atom is -0.486 e. The van der Waals surface area contributed by atoms with Gasteiger partial charge in [-0.3, -0.25) is 14.5 Å². The van der Waals surface area contributed by atoms with Crippen LogP contribution < -0.4 is 19.3 Å². The predicted molar refractivity (Wildman–Crippen MR) is 91.1 cm³/mol. The second kappa shape index (κ2) is 6.42. The summed E-state index contributed by atoms with van der Waals surface area (Å²) in [6.45, 7) is 1.65. The Morgan fingerprint density at radius 3 is 2.58 bits per heavy atom. The fraction of sp³-hybridized carbons (Fsp3) is 0.263. The molecule has 1 atom stereocenters. The summed E-state index contributed by atoms with van der Waals surface area (Å²) in [5.74, 6) is -0.392. The molecule has 0 aromatic heterocycles. The van der Waals surface area contributed by atoms with Crippen molar-refractivity contribution < 1.29 is 28.4 Å². The minimum absolute atomic E-state index is 0.285. The average molecular weight is 357 g/mol. The van der Waals surface area contributed by atoms with Crippen LogP contribution in [0.1, 0.15) is 15.9 Å². The Kier molecular flexibility index (Phi) is 4.08. The van der Waals surface area contributed by atoms with Gasteiger partial charge in [-0.25, -0.2) is 4.39 Å². The van der Waals surface area contributed by atoms with E-state index in [2.05, 4.69) is 0 Å². The molecular formula is C19H18FN2O4+. The summed E-state index contributed by atoms with van der Waals surface area (Å²) in [5, 5.41) is 0. The van der Waals surface area contributed by atoms with E-state index in [-0.39, 0.29) is 12.5 Å². The van der Waals surface area contributed by atoms with E-state index in [4.69, 9.17) is 9.47 Å². The van der Waals surface area contributed by atoms with Gasteiger partial charge in [0.25, 0.3) is 5.78 Å². The van der Waals surface area contributed by atoms with Crippen molar-refractivity contribution in [2.45, 2.75) is 6.54 Å². The molecule has 134 valence electrons. The zero-order valence-electron chi connectivity index (χ0n) is 14.3. The fourth-order valence-corrected chi connectivity index (χ4v) is 3.31. The number of fused-ring (bicyclic) bond motifs is 2. The van der Waals surface area contributed by atoms with Gasteiger partial charge in [-0.05, 0) is 18.2 Å². The van der Waals surface area contributed by atoms with Crippen molar-refractivity contribution in [1.82, 2.24) is 0 Å². The maximum absolute atomic E-state index is 13.3. The zero-order chi connectivity index (χ0) is 18.3. The van der Waals surface area contributed by atoms with Gasteiger partial charge < -0.3 is 14.4 Å². The molecule has 6 nitrogen and oxygen atoms in total. The van der Waals surface area contributed by atoms with E-state index in [0.717, 1.165) is 10.5 Å². The third-order valence-electron chi connectivity index (χ3n) is 4.46. The number of hydrogen-bond acceptors (Lipinski definition) is 4. The van der Waals surface area contributed by atoms with Gasteiger partial charge >= 0.3 is 5.91 Å². The summed E-state index contributed by atoms with van der Waals surface area (Å²) in [4.78, 5) is 27.2. The van der Waals surface area contributed by atoms with E-state index in [1.54, 1.807) is 18.2 Å². The number of quaternary nitrogens is 1. The van der Waals surface area contributed by atoms with Crippen LogP contribution in [-0.4, -0.2) is 38.6 Å². The molecule has 7 heteroatoms. The minimum atomic E-state index is -0.569. The van der Waals surface area contributed by atoms with Gasteiger partial charge in [-0.15, -0.1) is 0 Å². The molecule has 2 aromatic rings. The summed E-state index contributed by atoms with van der Waals surface area (Å²) in [6, 6.07) is 9.60. The number of ketones is 1. The molecule has 2 aromatic carbocycles. The standard InChI is InChI=1S/C19H17FN2O4/c1-21(10-12-3-2-4-13(20)7-12)11-22-15-9-17-16(25-5-6-26-17)8-14(15)18(23)19(22)24/h2-4,7-9H,5-6,10-11H2,1H3/p+1. The maximum Gasteiger partial charge on any atom is 0.303 e. The fourth-order valence-electron chi connectivity index (χ4n) is 3.31. The monoisotopic (exact) mass is 357 g/mol. The lowest BCUT2D eigenvalue weighted by Gasteiger charge is -2.23. The van der Waals surface area contributed by atoms with E-state index in [1.807, 2.05) is 13.1 Å². The first kappa shape index (κ1) is 16.5. The molecule has 1 amide bonds. The van der Waals surface area contributed by atoms with Crippen LogP contribution in [0.3, 0.4) is 0 Å².